The minimum absolute atomic E-state index is 0.0132. The maximum atomic E-state index is 10.3. The van der Waals surface area contributed by atoms with E-state index in [1.165, 1.54) is 5.57 Å². The van der Waals surface area contributed by atoms with E-state index in [4.69, 9.17) is 4.74 Å². The lowest BCUT2D eigenvalue weighted by molar-refractivity contribution is -0.157. The Hall–Kier alpha value is -0.380. The lowest BCUT2D eigenvalue weighted by atomic mass is 9.47. The van der Waals surface area contributed by atoms with E-state index in [-0.39, 0.29) is 23.7 Å². The zero-order valence-corrected chi connectivity index (χ0v) is 11.6. The van der Waals surface area contributed by atoms with Gasteiger partial charge in [0, 0.05) is 11.5 Å². The van der Waals surface area contributed by atoms with Crippen LogP contribution in [0, 0.1) is 17.3 Å². The maximum Gasteiger partial charge on any atom is 0.0939 e. The van der Waals surface area contributed by atoms with Gasteiger partial charge in [-0.25, -0.2) is 0 Å². The fourth-order valence-corrected chi connectivity index (χ4v) is 4.62. The first-order valence-electron chi connectivity index (χ1n) is 7.22. The van der Waals surface area contributed by atoms with E-state index in [1.54, 1.807) is 0 Å². The van der Waals surface area contributed by atoms with Gasteiger partial charge in [0.05, 0.1) is 18.3 Å². The summed E-state index contributed by atoms with van der Waals surface area (Å²) < 4.78 is 6.19. The molecule has 0 aromatic heterocycles. The summed E-state index contributed by atoms with van der Waals surface area (Å²) in [5.74, 6) is 1.05. The molecule has 6 unspecified atom stereocenters. The Labute approximate surface area is 110 Å². The summed E-state index contributed by atoms with van der Waals surface area (Å²) >= 11 is 0. The molecule has 6 atom stereocenters. The number of aliphatic hydroxyl groups excluding tert-OH is 1. The highest BCUT2D eigenvalue weighted by Gasteiger charge is 2.67. The molecule has 0 bridgehead atoms. The predicted molar refractivity (Wildman–Crippen MR) is 71.3 cm³/mol. The summed E-state index contributed by atoms with van der Waals surface area (Å²) in [4.78, 5) is 0. The number of aliphatic hydroxyl groups is 1. The summed E-state index contributed by atoms with van der Waals surface area (Å²) in [7, 11) is 2.04. The van der Waals surface area contributed by atoms with E-state index >= 15 is 0 Å². The summed E-state index contributed by atoms with van der Waals surface area (Å²) in [6.45, 7) is 8.71. The second-order valence-electron chi connectivity index (χ2n) is 6.64. The van der Waals surface area contributed by atoms with Crippen LogP contribution in [0.15, 0.2) is 12.2 Å². The van der Waals surface area contributed by atoms with Crippen molar-refractivity contribution in [1.82, 2.24) is 5.32 Å². The number of rotatable bonds is 2. The Bertz CT molecular complexity index is 368. The summed E-state index contributed by atoms with van der Waals surface area (Å²) in [5.41, 5.74) is 1.30. The molecule has 3 aliphatic rings. The molecule has 3 rings (SSSR count). The van der Waals surface area contributed by atoms with Gasteiger partial charge in [0.25, 0.3) is 0 Å². The number of ether oxygens (including phenoxy) is 1. The van der Waals surface area contributed by atoms with E-state index in [2.05, 4.69) is 25.7 Å². The fourth-order valence-electron chi connectivity index (χ4n) is 4.62. The van der Waals surface area contributed by atoms with E-state index in [1.807, 2.05) is 7.05 Å². The van der Waals surface area contributed by atoms with Crippen LogP contribution >= 0.6 is 0 Å². The van der Waals surface area contributed by atoms with Crippen LogP contribution in [0.5, 0.6) is 0 Å². The van der Waals surface area contributed by atoms with Crippen LogP contribution in [-0.4, -0.2) is 36.5 Å². The fraction of sp³-hybridized carbons (Fsp3) is 0.867. The van der Waals surface area contributed by atoms with Crippen molar-refractivity contribution in [2.45, 2.75) is 57.5 Å². The molecule has 1 heterocycles. The van der Waals surface area contributed by atoms with Gasteiger partial charge in [-0.1, -0.05) is 20.4 Å². The molecule has 102 valence electrons. The number of nitrogens with one attached hydrogen (secondary N) is 1. The van der Waals surface area contributed by atoms with E-state index < -0.39 is 0 Å². The van der Waals surface area contributed by atoms with Crippen LogP contribution < -0.4 is 5.32 Å². The van der Waals surface area contributed by atoms with Gasteiger partial charge in [-0.2, -0.15) is 0 Å². The first-order chi connectivity index (χ1) is 8.52. The van der Waals surface area contributed by atoms with Gasteiger partial charge in [-0.05, 0) is 43.7 Å². The predicted octanol–water partition coefficient (Wildman–Crippen LogP) is 1.71. The van der Waals surface area contributed by atoms with Crippen molar-refractivity contribution < 1.29 is 9.84 Å². The lowest BCUT2D eigenvalue weighted by Gasteiger charge is -2.59. The van der Waals surface area contributed by atoms with Gasteiger partial charge in [0.2, 0.25) is 0 Å². The molecule has 2 N–H and O–H groups in total. The zero-order chi connectivity index (χ0) is 13.1. The Kier molecular flexibility index (Phi) is 2.85. The molecular formula is C15H25NO2. The van der Waals surface area contributed by atoms with Crippen LogP contribution in [0.25, 0.3) is 0 Å². The monoisotopic (exact) mass is 251 g/mol. The molecule has 2 saturated carbocycles. The first-order valence-corrected chi connectivity index (χ1v) is 7.22. The average Bonchev–Trinajstić information content (AvgIpc) is 2.61. The maximum absolute atomic E-state index is 10.3. The van der Waals surface area contributed by atoms with Crippen molar-refractivity contribution in [3.05, 3.63) is 12.2 Å². The van der Waals surface area contributed by atoms with Crippen molar-refractivity contribution >= 4 is 0 Å². The normalized spacial score (nSPS) is 50.9. The highest BCUT2D eigenvalue weighted by molar-refractivity contribution is 5.33. The third-order valence-electron chi connectivity index (χ3n) is 5.55. The van der Waals surface area contributed by atoms with Gasteiger partial charge in [0.15, 0.2) is 0 Å². The molecule has 0 radical (unpaired) electrons. The highest BCUT2D eigenvalue weighted by Crippen LogP contribution is 2.64. The van der Waals surface area contributed by atoms with Gasteiger partial charge in [0.1, 0.15) is 0 Å². The van der Waals surface area contributed by atoms with Gasteiger partial charge >= 0.3 is 0 Å². The van der Waals surface area contributed by atoms with Crippen molar-refractivity contribution in [2.24, 2.45) is 17.3 Å². The standard InChI is InChI=1S/C15H25NO2/c1-8(2)13-9(3)15-7-11(16-4)10(15)5-6-12(17)14(15)18-13/h8,10-14,16-17H,3,5-7H2,1-2,4H3. The highest BCUT2D eigenvalue weighted by atomic mass is 16.5. The van der Waals surface area contributed by atoms with Crippen LogP contribution in [0.3, 0.4) is 0 Å². The first kappa shape index (κ1) is 12.6. The third kappa shape index (κ3) is 1.36. The minimum Gasteiger partial charge on any atom is -0.390 e. The molecule has 1 spiro atoms. The van der Waals surface area contributed by atoms with Crippen molar-refractivity contribution in [2.75, 3.05) is 7.05 Å². The van der Waals surface area contributed by atoms with Crippen LogP contribution in [0.4, 0.5) is 0 Å². The third-order valence-corrected chi connectivity index (χ3v) is 5.55. The van der Waals surface area contributed by atoms with E-state index in [9.17, 15) is 5.11 Å². The molecule has 1 saturated heterocycles. The van der Waals surface area contributed by atoms with Crippen LogP contribution in [0.2, 0.25) is 0 Å². The Balaban J connectivity index is 1.93. The average molecular weight is 251 g/mol. The zero-order valence-electron chi connectivity index (χ0n) is 11.6. The second kappa shape index (κ2) is 4.06. The molecular weight excluding hydrogens is 226 g/mol. The van der Waals surface area contributed by atoms with Gasteiger partial charge < -0.3 is 15.2 Å². The van der Waals surface area contributed by atoms with Crippen molar-refractivity contribution in [3.8, 4) is 0 Å². The van der Waals surface area contributed by atoms with Crippen LogP contribution in [-0.2, 0) is 4.74 Å². The molecule has 3 fully saturated rings. The smallest absolute Gasteiger partial charge is 0.0939 e. The number of hydrogen-bond acceptors (Lipinski definition) is 3. The van der Waals surface area contributed by atoms with Gasteiger partial charge in [-0.3, -0.25) is 0 Å². The minimum atomic E-state index is -0.306. The van der Waals surface area contributed by atoms with E-state index in [0.29, 0.717) is 17.9 Å². The lowest BCUT2D eigenvalue weighted by Crippen LogP contribution is -2.65. The topological polar surface area (TPSA) is 41.5 Å². The largest absolute Gasteiger partial charge is 0.390 e. The molecule has 3 nitrogen and oxygen atoms in total. The van der Waals surface area contributed by atoms with Gasteiger partial charge in [-0.15, -0.1) is 0 Å². The second-order valence-corrected chi connectivity index (χ2v) is 6.64. The molecule has 1 aliphatic heterocycles. The quantitative estimate of drug-likeness (QED) is 0.734. The SMILES string of the molecule is C=C1C(C(C)C)OC2C(O)CCC3C(NC)CC132. The molecule has 0 aromatic carbocycles. The van der Waals surface area contributed by atoms with Crippen molar-refractivity contribution in [1.29, 1.82) is 0 Å². The molecule has 18 heavy (non-hydrogen) atoms. The van der Waals surface area contributed by atoms with Crippen molar-refractivity contribution in [3.63, 3.8) is 0 Å². The molecule has 0 amide bonds. The molecule has 0 aromatic rings. The Morgan fingerprint density at radius 2 is 2.17 bits per heavy atom. The van der Waals surface area contributed by atoms with Crippen LogP contribution in [0.1, 0.15) is 33.1 Å². The summed E-state index contributed by atoms with van der Waals surface area (Å²) in [6, 6.07) is 0.575. The van der Waals surface area contributed by atoms with E-state index in [0.717, 1.165) is 19.3 Å². The summed E-state index contributed by atoms with van der Waals surface area (Å²) in [6.07, 6.45) is 2.85. The Morgan fingerprint density at radius 1 is 1.44 bits per heavy atom. The molecule has 3 heteroatoms. The number of hydrogen-bond donors (Lipinski definition) is 2. The summed E-state index contributed by atoms with van der Waals surface area (Å²) in [5, 5.41) is 13.7. The molecule has 2 aliphatic carbocycles. The Morgan fingerprint density at radius 3 is 2.78 bits per heavy atom.